The van der Waals surface area contributed by atoms with Crippen molar-refractivity contribution in [2.75, 3.05) is 19.6 Å². The first-order valence-corrected chi connectivity index (χ1v) is 12.5. The molecule has 1 aliphatic heterocycles. The Bertz CT molecular complexity index is 1230. The van der Waals surface area contributed by atoms with Crippen LogP contribution in [0.1, 0.15) is 49.6 Å². The van der Waals surface area contributed by atoms with E-state index < -0.39 is 0 Å². The van der Waals surface area contributed by atoms with E-state index in [1.165, 1.54) is 23.9 Å². The summed E-state index contributed by atoms with van der Waals surface area (Å²) in [7, 11) is 0. The summed E-state index contributed by atoms with van der Waals surface area (Å²) in [5.74, 6) is -0.189. The van der Waals surface area contributed by atoms with Gasteiger partial charge in [-0.05, 0) is 58.2 Å². The summed E-state index contributed by atoms with van der Waals surface area (Å²) in [6, 6.07) is 8.33. The van der Waals surface area contributed by atoms with Crippen LogP contribution in [0.25, 0.3) is 10.8 Å². The van der Waals surface area contributed by atoms with E-state index in [-0.39, 0.29) is 18.0 Å². The Morgan fingerprint density at radius 2 is 2.00 bits per heavy atom. The number of aryl methyl sites for hydroxylation is 2. The van der Waals surface area contributed by atoms with Gasteiger partial charge >= 0.3 is 0 Å². The molecule has 8 heteroatoms. The van der Waals surface area contributed by atoms with Crippen molar-refractivity contribution in [2.45, 2.75) is 65.6 Å². The van der Waals surface area contributed by atoms with E-state index in [4.69, 9.17) is 11.6 Å². The maximum Gasteiger partial charge on any atom is 0.276 e. The smallest absolute Gasteiger partial charge is 0.276 e. The van der Waals surface area contributed by atoms with Crippen LogP contribution < -0.4 is 10.9 Å². The highest BCUT2D eigenvalue weighted by Gasteiger charge is 2.19. The Labute approximate surface area is 205 Å². The van der Waals surface area contributed by atoms with Gasteiger partial charge in [-0.2, -0.15) is 5.10 Å². The fourth-order valence-corrected chi connectivity index (χ4v) is 5.18. The van der Waals surface area contributed by atoms with Crippen LogP contribution in [0.5, 0.6) is 0 Å². The number of piperidine rings is 1. The van der Waals surface area contributed by atoms with Crippen LogP contribution >= 0.6 is 11.6 Å². The Morgan fingerprint density at radius 1 is 1.21 bits per heavy atom. The first-order chi connectivity index (χ1) is 16.4. The number of benzene rings is 1. The van der Waals surface area contributed by atoms with Crippen molar-refractivity contribution in [3.63, 3.8) is 0 Å². The molecule has 1 aromatic carbocycles. The topological polar surface area (TPSA) is 72.2 Å². The lowest BCUT2D eigenvalue weighted by Crippen LogP contribution is -2.40. The van der Waals surface area contributed by atoms with Crippen LogP contribution in [0, 0.1) is 13.8 Å². The number of nitrogens with one attached hydrogen (secondary N) is 1. The van der Waals surface area contributed by atoms with Gasteiger partial charge in [0.15, 0.2) is 0 Å². The van der Waals surface area contributed by atoms with Gasteiger partial charge in [0.2, 0.25) is 5.91 Å². The maximum absolute atomic E-state index is 13.2. The van der Waals surface area contributed by atoms with Gasteiger partial charge in [0.05, 0.1) is 11.6 Å². The highest BCUT2D eigenvalue weighted by atomic mass is 35.5. The standard InChI is InChI=1S/C26H34ClN5O2/c1-18-9-6-7-13-30(18)14-8-12-28-24(33)17-32-26(34)25-20(3)31(19(2)22(25)15-29-32)16-21-10-4-5-11-23(21)27/h4-5,10-11,15,18H,6-9,12-14,16-17H2,1-3H3,(H,28,33). The van der Waals surface area contributed by atoms with Gasteiger partial charge in [-0.15, -0.1) is 0 Å². The van der Waals surface area contributed by atoms with Crippen LogP contribution in [0.2, 0.25) is 5.02 Å². The molecule has 0 saturated carbocycles. The fourth-order valence-electron chi connectivity index (χ4n) is 4.98. The number of fused-ring (bicyclic) bond motifs is 1. The number of rotatable bonds is 8. The monoisotopic (exact) mass is 483 g/mol. The molecule has 0 radical (unpaired) electrons. The van der Waals surface area contributed by atoms with Crippen LogP contribution in [-0.4, -0.2) is 50.8 Å². The lowest BCUT2D eigenvalue weighted by atomic mass is 10.0. The van der Waals surface area contributed by atoms with Gasteiger partial charge in [0, 0.05) is 47.5 Å². The summed E-state index contributed by atoms with van der Waals surface area (Å²) in [6.07, 6.45) is 6.41. The zero-order valence-electron chi connectivity index (χ0n) is 20.3. The van der Waals surface area contributed by atoms with Crippen molar-refractivity contribution in [3.8, 4) is 0 Å². The molecule has 1 fully saturated rings. The van der Waals surface area contributed by atoms with Crippen LogP contribution in [-0.2, 0) is 17.9 Å². The van der Waals surface area contributed by atoms with E-state index in [9.17, 15) is 9.59 Å². The van der Waals surface area contributed by atoms with Crippen molar-refractivity contribution in [3.05, 3.63) is 62.8 Å². The van der Waals surface area contributed by atoms with E-state index in [1.54, 1.807) is 6.20 Å². The second kappa shape index (κ2) is 10.7. The predicted octanol–water partition coefficient (Wildman–Crippen LogP) is 3.90. The molecule has 1 unspecified atom stereocenters. The molecule has 4 rings (SSSR count). The average molecular weight is 484 g/mol. The van der Waals surface area contributed by atoms with Gasteiger partial charge in [-0.25, -0.2) is 4.68 Å². The third-order valence-electron chi connectivity index (χ3n) is 7.07. The van der Waals surface area contributed by atoms with Crippen molar-refractivity contribution in [1.29, 1.82) is 0 Å². The lowest BCUT2D eigenvalue weighted by molar-refractivity contribution is -0.121. The minimum absolute atomic E-state index is 0.0803. The summed E-state index contributed by atoms with van der Waals surface area (Å²) in [5.41, 5.74) is 2.56. The molecule has 0 bridgehead atoms. The number of amides is 1. The third kappa shape index (κ3) is 5.20. The summed E-state index contributed by atoms with van der Waals surface area (Å²) in [6.45, 7) is 9.41. The Kier molecular flexibility index (Phi) is 7.73. The molecule has 3 aromatic rings. The van der Waals surface area contributed by atoms with Gasteiger partial charge in [-0.3, -0.25) is 9.59 Å². The second-order valence-electron chi connectivity index (χ2n) is 9.33. The molecular formula is C26H34ClN5O2. The molecule has 2 aromatic heterocycles. The molecule has 3 heterocycles. The van der Waals surface area contributed by atoms with Crippen molar-refractivity contribution in [2.24, 2.45) is 0 Å². The Morgan fingerprint density at radius 3 is 2.76 bits per heavy atom. The minimum atomic E-state index is -0.242. The summed E-state index contributed by atoms with van der Waals surface area (Å²) >= 11 is 6.36. The Balaban J connectivity index is 1.42. The van der Waals surface area contributed by atoms with Crippen LogP contribution in [0.4, 0.5) is 0 Å². The summed E-state index contributed by atoms with van der Waals surface area (Å²) in [4.78, 5) is 28.2. The zero-order valence-corrected chi connectivity index (χ0v) is 21.1. The first kappa shape index (κ1) is 24.5. The fraction of sp³-hybridized carbons (Fsp3) is 0.500. The lowest BCUT2D eigenvalue weighted by Gasteiger charge is -2.33. The van der Waals surface area contributed by atoms with E-state index in [0.29, 0.717) is 29.5 Å². The molecule has 1 atom stereocenters. The van der Waals surface area contributed by atoms with Crippen LogP contribution in [0.3, 0.4) is 0 Å². The zero-order chi connectivity index (χ0) is 24.2. The number of hydrogen-bond donors (Lipinski definition) is 1. The molecule has 1 aliphatic rings. The second-order valence-corrected chi connectivity index (χ2v) is 9.74. The molecule has 34 heavy (non-hydrogen) atoms. The van der Waals surface area contributed by atoms with Gasteiger partial charge in [0.1, 0.15) is 6.54 Å². The molecule has 1 saturated heterocycles. The number of nitrogens with zero attached hydrogens (tertiary/aromatic N) is 4. The number of carbonyl (C=O) groups is 1. The van der Waals surface area contributed by atoms with Crippen molar-refractivity contribution < 1.29 is 4.79 Å². The van der Waals surface area contributed by atoms with E-state index in [2.05, 4.69) is 26.8 Å². The number of hydrogen-bond acceptors (Lipinski definition) is 4. The average Bonchev–Trinajstić information content (AvgIpc) is 3.06. The molecule has 182 valence electrons. The third-order valence-corrected chi connectivity index (χ3v) is 7.44. The van der Waals surface area contributed by atoms with Gasteiger partial charge in [-0.1, -0.05) is 36.2 Å². The molecule has 0 spiro atoms. The number of likely N-dealkylation sites (tertiary alicyclic amines) is 1. The molecule has 1 N–H and O–H groups in total. The van der Waals surface area contributed by atoms with Crippen LogP contribution in [0.15, 0.2) is 35.3 Å². The highest BCUT2D eigenvalue weighted by Crippen LogP contribution is 2.25. The maximum atomic E-state index is 13.2. The van der Waals surface area contributed by atoms with E-state index in [0.717, 1.165) is 41.8 Å². The number of halogens is 1. The summed E-state index contributed by atoms with van der Waals surface area (Å²) < 4.78 is 3.34. The largest absolute Gasteiger partial charge is 0.354 e. The predicted molar refractivity (Wildman–Crippen MR) is 137 cm³/mol. The number of carbonyl (C=O) groups excluding carboxylic acids is 1. The van der Waals surface area contributed by atoms with Crippen molar-refractivity contribution >= 4 is 28.3 Å². The molecule has 7 nitrogen and oxygen atoms in total. The van der Waals surface area contributed by atoms with Crippen molar-refractivity contribution in [1.82, 2.24) is 24.6 Å². The molecular weight excluding hydrogens is 450 g/mol. The quantitative estimate of drug-likeness (QED) is 0.493. The number of aromatic nitrogens is 3. The molecule has 1 amide bonds. The first-order valence-electron chi connectivity index (χ1n) is 12.2. The van der Waals surface area contributed by atoms with Gasteiger partial charge < -0.3 is 14.8 Å². The molecule has 0 aliphatic carbocycles. The SMILES string of the molecule is Cc1c2cnn(CC(=O)NCCCN3CCCCC3C)c(=O)c2c(C)n1Cc1ccccc1Cl. The minimum Gasteiger partial charge on any atom is -0.354 e. The Hall–Kier alpha value is -2.64. The van der Waals surface area contributed by atoms with E-state index >= 15 is 0 Å². The van der Waals surface area contributed by atoms with Gasteiger partial charge in [0.25, 0.3) is 5.56 Å². The normalized spacial score (nSPS) is 16.8. The van der Waals surface area contributed by atoms with E-state index in [1.807, 2.05) is 38.1 Å². The summed E-state index contributed by atoms with van der Waals surface area (Å²) in [5, 5.41) is 9.35. The highest BCUT2D eigenvalue weighted by molar-refractivity contribution is 6.31.